The number of aliphatic hydroxyl groups is 2. The number of rotatable bonds is 20. The molecule has 12 nitrogen and oxygen atoms in total. The average molecular weight is 1600 g/mol. The molecule has 2 heterocycles. The first-order valence-electron chi connectivity index (χ1n) is 28.8. The molecule has 23 heteroatoms. The summed E-state index contributed by atoms with van der Waals surface area (Å²) < 4.78 is 5.84. The number of halogens is 7. The van der Waals surface area contributed by atoms with Crippen LogP contribution < -0.4 is 121 Å². The van der Waals surface area contributed by atoms with E-state index < -0.39 is 22.4 Å². The van der Waals surface area contributed by atoms with Crippen LogP contribution in [0, 0.1) is 6.92 Å². The number of aryl methyl sites for hydroxylation is 1. The maximum Gasteiger partial charge on any atom is 1.00 e. The van der Waals surface area contributed by atoms with Crippen LogP contribution in [0.4, 0.5) is 0 Å². The summed E-state index contributed by atoms with van der Waals surface area (Å²) in [6, 6.07) is 97.5. The fraction of sp³-hybridized carbons (Fsp3) is 0.141. The molecule has 0 fully saturated rings. The molecule has 11 rings (SSSR count). The first kappa shape index (κ1) is 83.3. The van der Waals surface area contributed by atoms with Crippen LogP contribution in [0.25, 0.3) is 0 Å². The Labute approximate surface area is 625 Å². The average Bonchev–Trinajstić information content (AvgIpc) is 0.771. The van der Waals surface area contributed by atoms with E-state index in [1.165, 1.54) is 47.7 Å². The summed E-state index contributed by atoms with van der Waals surface area (Å²) in [7, 11) is -4.03. The third-order valence-corrected chi connectivity index (χ3v) is 26.1. The number of ether oxygens (including phenoxy) is 1. The maximum atomic E-state index is 9.49. The van der Waals surface area contributed by atoms with Crippen molar-refractivity contribution in [2.45, 2.75) is 26.2 Å². The first-order valence-corrected chi connectivity index (χ1v) is 36.7. The first-order chi connectivity index (χ1) is 44.5. The van der Waals surface area contributed by atoms with Crippen LogP contribution in [-0.4, -0.2) is 84.1 Å². The topological polar surface area (TPSA) is 176 Å². The van der Waals surface area contributed by atoms with E-state index in [1.54, 1.807) is 6.92 Å². The van der Waals surface area contributed by atoms with Gasteiger partial charge in [0, 0.05) is 31.4 Å². The molecule has 0 aliphatic rings. The summed E-state index contributed by atoms with van der Waals surface area (Å²) in [6.07, 6.45) is 4.49. The van der Waals surface area contributed by atoms with Crippen molar-refractivity contribution in [2.24, 2.45) is 0 Å². The van der Waals surface area contributed by atoms with Crippen molar-refractivity contribution in [1.29, 1.82) is 0 Å². The van der Waals surface area contributed by atoms with Gasteiger partial charge in [0.15, 0.2) is 0 Å². The van der Waals surface area contributed by atoms with Crippen LogP contribution in [0.3, 0.4) is 0 Å². The molecule has 0 aliphatic carbocycles. The van der Waals surface area contributed by atoms with Gasteiger partial charge >= 0.3 is 35.6 Å². The standard InChI is InChI=1S/C25H24ClN3OP.C21H22OP.C18H15P.C3H7BrO.C3Cl3N3.CH2O3.2BrH.Na/c1-20-27-24(26)29-25(28-20)30-18-11-19-31(21-12-5-2-6-13-21,22-14-7-3-8-15-22)23-16-9-4-10-17-23;22-17-10-18-23(19-11-4-1-5-12-19,20-13-6-2-7-14-20)21-15-8-3-9-16-21;1-4-10-16(11-5-1)19(17-12-6-2-7-13-17)18-14-8-3-9-15-18;4-2-1-3-5;4-1-7-2(5)9-3(6)8-1;2-1-4-3;;;/h2-10,12-17H,11,18-19H2,1H3;1-9,11-16,22H,10,17-18H2;1-15H;5H,1-3H2;;1,3H;2*1H;/q2*+1;;;;;;;+1/p-3. The fourth-order valence-corrected chi connectivity index (χ4v) is 21.6. The molecule has 11 aromatic rings. The van der Waals surface area contributed by atoms with Crippen LogP contribution in [0.1, 0.15) is 25.1 Å². The zero-order chi connectivity index (χ0) is 64.8. The minimum Gasteiger partial charge on any atom is -1.00 e. The Balaban J connectivity index is 0.000000325. The number of aromatic nitrogens is 6. The number of hydrogen-bond donors (Lipinski definition) is 2. The van der Waals surface area contributed by atoms with Gasteiger partial charge in [0.2, 0.25) is 21.1 Å². The maximum absolute atomic E-state index is 9.49. The zero-order valence-corrected chi connectivity index (χ0v) is 64.1. The van der Waals surface area contributed by atoms with Gasteiger partial charge in [0.1, 0.15) is 52.2 Å². The summed E-state index contributed by atoms with van der Waals surface area (Å²) in [6.45, 7) is 2.63. The summed E-state index contributed by atoms with van der Waals surface area (Å²) in [5.74, 6) is 0.551. The van der Waals surface area contributed by atoms with Gasteiger partial charge in [-0.25, -0.2) is 4.98 Å². The summed E-state index contributed by atoms with van der Waals surface area (Å²) >= 11 is 25.0. The zero-order valence-electron chi connectivity index (χ0n) is 51.6. The molecular formula is C71H69Br3Cl4N6NaO6P3. The van der Waals surface area contributed by atoms with E-state index in [0.717, 1.165) is 36.9 Å². The van der Waals surface area contributed by atoms with E-state index in [2.05, 4.69) is 324 Å². The van der Waals surface area contributed by atoms with Gasteiger partial charge in [-0.15, -0.1) is 0 Å². The predicted octanol–water partition coefficient (Wildman–Crippen LogP) is 3.45. The van der Waals surface area contributed by atoms with Gasteiger partial charge < -0.3 is 59.1 Å². The van der Waals surface area contributed by atoms with Crippen LogP contribution >= 0.6 is 84.8 Å². The quantitative estimate of drug-likeness (QED) is 0.0217. The third kappa shape index (κ3) is 26.8. The van der Waals surface area contributed by atoms with Gasteiger partial charge in [0.25, 0.3) is 6.47 Å². The van der Waals surface area contributed by atoms with Crippen molar-refractivity contribution >= 4 is 139 Å². The van der Waals surface area contributed by atoms with Gasteiger partial charge in [-0.3, -0.25) is 4.79 Å². The second-order valence-corrected chi connectivity index (χ2v) is 30.8. The number of aliphatic hydroxyl groups excluding tert-OH is 2. The SMILES string of the molecule is Cc1nc(Cl)nc(OCCC[P+](c2ccccc2)(c2ccccc2)c2ccccc2)n1.Clc1nc(Cl)nc(Cl)n1.O=CO[O-].OCCCBr.OCCC[P+](c1ccccc1)(c1ccccc1)c1ccccc1.[Br-].[Br-].[Na+].c1ccc(P(c2ccccc2)c2ccccc2)cc1. The Bertz CT molecular complexity index is 3400. The normalized spacial score (nSPS) is 10.2. The number of nitrogens with zero attached hydrogens (tertiary/aromatic N) is 6. The minimum absolute atomic E-state index is 0. The van der Waals surface area contributed by atoms with Crippen LogP contribution in [0.15, 0.2) is 273 Å². The van der Waals surface area contributed by atoms with Crippen molar-refractivity contribution < 1.29 is 93.4 Å². The summed E-state index contributed by atoms with van der Waals surface area (Å²) in [5.41, 5.74) is 0. The van der Waals surface area contributed by atoms with Crippen molar-refractivity contribution in [3.05, 3.63) is 300 Å². The molecule has 2 N–H and O–H groups in total. The molecule has 0 aliphatic heterocycles. The van der Waals surface area contributed by atoms with Crippen LogP contribution in [0.2, 0.25) is 21.1 Å². The summed E-state index contributed by atoms with van der Waals surface area (Å²) in [4.78, 5) is 33.9. The Morgan fingerprint density at radius 2 is 0.681 bits per heavy atom. The van der Waals surface area contributed by atoms with Gasteiger partial charge in [0.05, 0.1) is 18.9 Å². The second kappa shape index (κ2) is 47.9. The fourth-order valence-electron chi connectivity index (χ4n) is 9.57. The number of hydrogen-bond acceptors (Lipinski definition) is 12. The molecule has 0 saturated carbocycles. The molecule has 9 aromatic carbocycles. The Kier molecular flexibility index (Phi) is 42.4. The Hall–Kier alpha value is -4.96. The monoisotopic (exact) mass is 1590 g/mol. The van der Waals surface area contributed by atoms with Crippen LogP contribution in [0.5, 0.6) is 6.01 Å². The number of carbonyl (C=O) groups excluding carboxylic acids is 1. The summed E-state index contributed by atoms with van der Waals surface area (Å²) in [5, 5.41) is 39.5. The number of alkyl halides is 1. The van der Waals surface area contributed by atoms with E-state index in [0.29, 0.717) is 19.0 Å². The molecule has 0 radical (unpaired) electrons. The second-order valence-electron chi connectivity index (χ2n) is 19.2. The molecule has 0 amide bonds. The van der Waals surface area contributed by atoms with Gasteiger partial charge in [-0.1, -0.05) is 216 Å². The third-order valence-electron chi connectivity index (χ3n) is 13.3. The molecule has 0 bridgehead atoms. The minimum atomic E-state index is -1.85. The molecule has 0 spiro atoms. The Morgan fingerprint density at radius 1 is 0.426 bits per heavy atom. The van der Waals surface area contributed by atoms with Crippen molar-refractivity contribution in [1.82, 2.24) is 29.9 Å². The van der Waals surface area contributed by atoms with Crippen molar-refractivity contribution in [3.8, 4) is 6.01 Å². The predicted molar refractivity (Wildman–Crippen MR) is 384 cm³/mol. The molecule has 0 saturated heterocycles. The largest absolute Gasteiger partial charge is 1.00 e. The smallest absolute Gasteiger partial charge is 1.00 e. The van der Waals surface area contributed by atoms with Crippen molar-refractivity contribution in [2.75, 3.05) is 37.5 Å². The molecule has 0 unspecified atom stereocenters. The molecule has 484 valence electrons. The van der Waals surface area contributed by atoms with Crippen molar-refractivity contribution in [3.63, 3.8) is 0 Å². The molecule has 0 atom stereocenters. The van der Waals surface area contributed by atoms with Gasteiger partial charge in [-0.2, -0.15) is 24.9 Å². The number of carbonyl (C=O) groups is 1. The van der Waals surface area contributed by atoms with E-state index >= 15 is 0 Å². The molecule has 2 aromatic heterocycles. The van der Waals surface area contributed by atoms with Crippen LogP contribution in [-0.2, 0) is 9.68 Å². The Morgan fingerprint density at radius 3 is 0.915 bits per heavy atom. The molecular weight excluding hydrogens is 1530 g/mol. The number of benzene rings is 9. The van der Waals surface area contributed by atoms with E-state index in [4.69, 9.17) is 66.3 Å². The van der Waals surface area contributed by atoms with E-state index in [9.17, 15) is 5.11 Å². The van der Waals surface area contributed by atoms with E-state index in [-0.39, 0.29) is 104 Å². The molecule has 94 heavy (non-hydrogen) atoms. The van der Waals surface area contributed by atoms with Gasteiger partial charge in [-0.05, 0) is 156 Å². The van der Waals surface area contributed by atoms with E-state index in [1.807, 2.05) is 0 Å².